The van der Waals surface area contributed by atoms with Crippen molar-refractivity contribution in [2.75, 3.05) is 13.1 Å². The van der Waals surface area contributed by atoms with Gasteiger partial charge in [0.05, 0.1) is 6.54 Å². The van der Waals surface area contributed by atoms with E-state index in [1.165, 1.54) is 31.7 Å². The van der Waals surface area contributed by atoms with E-state index in [4.69, 9.17) is 5.14 Å². The molecule has 1 rings (SSSR count). The Kier molecular flexibility index (Phi) is 10.1. The van der Waals surface area contributed by atoms with Crippen LogP contribution < -0.4 is 15.8 Å². The lowest BCUT2D eigenvalue weighted by Gasteiger charge is -2.11. The highest BCUT2D eigenvalue weighted by molar-refractivity contribution is 7.91. The molecule has 0 atom stereocenters. The summed E-state index contributed by atoms with van der Waals surface area (Å²) < 4.78 is 22.8. The number of aliphatic imine (C=N–C) groups is 1. The van der Waals surface area contributed by atoms with Crippen LogP contribution in [0, 0.1) is 5.92 Å². The van der Waals surface area contributed by atoms with Crippen molar-refractivity contribution in [3.05, 3.63) is 17.0 Å². The van der Waals surface area contributed by atoms with Crippen LogP contribution in [-0.2, 0) is 16.6 Å². The molecule has 0 saturated heterocycles. The van der Waals surface area contributed by atoms with Crippen molar-refractivity contribution in [2.24, 2.45) is 16.0 Å². The van der Waals surface area contributed by atoms with E-state index in [1.54, 1.807) is 6.07 Å². The zero-order chi connectivity index (χ0) is 18.7. The maximum absolute atomic E-state index is 11.3. The van der Waals surface area contributed by atoms with Crippen molar-refractivity contribution in [2.45, 2.75) is 63.6 Å². The SMILES string of the molecule is CCNC(=NCc1ccc(S(N)(=O)=O)s1)NCCCCCCC(C)C. The average molecular weight is 389 g/mol. The summed E-state index contributed by atoms with van der Waals surface area (Å²) in [6.45, 7) is 8.66. The first kappa shape index (κ1) is 21.9. The molecule has 0 aromatic carbocycles. The molecule has 0 saturated carbocycles. The van der Waals surface area contributed by atoms with Gasteiger partial charge in [-0.05, 0) is 31.4 Å². The van der Waals surface area contributed by atoms with Gasteiger partial charge in [0.15, 0.2) is 5.96 Å². The van der Waals surface area contributed by atoms with Crippen LogP contribution in [0.3, 0.4) is 0 Å². The van der Waals surface area contributed by atoms with E-state index in [0.29, 0.717) is 6.54 Å². The molecule has 4 N–H and O–H groups in total. The number of nitrogens with one attached hydrogen (secondary N) is 2. The van der Waals surface area contributed by atoms with E-state index in [2.05, 4.69) is 29.5 Å². The smallest absolute Gasteiger partial charge is 0.247 e. The topological polar surface area (TPSA) is 96.6 Å². The molecule has 0 aliphatic heterocycles. The molecular weight excluding hydrogens is 356 g/mol. The number of primary sulfonamides is 1. The zero-order valence-electron chi connectivity index (χ0n) is 15.5. The monoisotopic (exact) mass is 388 g/mol. The first-order valence-corrected chi connectivity index (χ1v) is 11.3. The minimum absolute atomic E-state index is 0.178. The third-order valence-electron chi connectivity index (χ3n) is 3.66. The third kappa shape index (κ3) is 9.81. The lowest BCUT2D eigenvalue weighted by atomic mass is 10.0. The lowest BCUT2D eigenvalue weighted by molar-refractivity contribution is 0.518. The van der Waals surface area contributed by atoms with Crippen molar-refractivity contribution in [3.63, 3.8) is 0 Å². The van der Waals surface area contributed by atoms with Gasteiger partial charge < -0.3 is 10.6 Å². The molecular formula is C17H32N4O2S2. The number of hydrogen-bond acceptors (Lipinski definition) is 4. The summed E-state index contributed by atoms with van der Waals surface area (Å²) in [6.07, 6.45) is 6.23. The normalized spacial score (nSPS) is 12.6. The molecule has 8 heteroatoms. The van der Waals surface area contributed by atoms with E-state index >= 15 is 0 Å². The number of rotatable bonds is 11. The largest absolute Gasteiger partial charge is 0.357 e. The van der Waals surface area contributed by atoms with Crippen LogP contribution >= 0.6 is 11.3 Å². The van der Waals surface area contributed by atoms with E-state index < -0.39 is 10.0 Å². The Morgan fingerprint density at radius 2 is 1.92 bits per heavy atom. The molecule has 6 nitrogen and oxygen atoms in total. The van der Waals surface area contributed by atoms with Crippen molar-refractivity contribution in [3.8, 4) is 0 Å². The number of hydrogen-bond donors (Lipinski definition) is 3. The summed E-state index contributed by atoms with van der Waals surface area (Å²) >= 11 is 1.16. The molecule has 0 radical (unpaired) electrons. The predicted molar refractivity (Wildman–Crippen MR) is 106 cm³/mol. The van der Waals surface area contributed by atoms with Crippen molar-refractivity contribution >= 4 is 27.3 Å². The van der Waals surface area contributed by atoms with Crippen LogP contribution in [-0.4, -0.2) is 27.5 Å². The highest BCUT2D eigenvalue weighted by Crippen LogP contribution is 2.20. The van der Waals surface area contributed by atoms with E-state index in [0.717, 1.165) is 47.6 Å². The fourth-order valence-corrected chi connectivity index (χ4v) is 4.04. The van der Waals surface area contributed by atoms with Gasteiger partial charge in [0, 0.05) is 18.0 Å². The Balaban J connectivity index is 2.37. The average Bonchev–Trinajstić information content (AvgIpc) is 3.00. The minimum atomic E-state index is -3.62. The Labute approximate surface area is 156 Å². The van der Waals surface area contributed by atoms with Crippen molar-refractivity contribution in [1.29, 1.82) is 0 Å². The van der Waals surface area contributed by atoms with Gasteiger partial charge in [-0.3, -0.25) is 0 Å². The molecule has 1 aromatic rings. The highest BCUT2D eigenvalue weighted by Gasteiger charge is 2.10. The van der Waals surface area contributed by atoms with Gasteiger partial charge in [-0.15, -0.1) is 11.3 Å². The van der Waals surface area contributed by atoms with E-state index in [9.17, 15) is 8.42 Å². The maximum atomic E-state index is 11.3. The molecule has 1 aromatic heterocycles. The number of unbranched alkanes of at least 4 members (excludes halogenated alkanes) is 3. The van der Waals surface area contributed by atoms with Crippen LogP contribution in [0.4, 0.5) is 0 Å². The Morgan fingerprint density at radius 3 is 2.52 bits per heavy atom. The zero-order valence-corrected chi connectivity index (χ0v) is 17.2. The minimum Gasteiger partial charge on any atom is -0.357 e. The van der Waals surface area contributed by atoms with Crippen LogP contribution in [0.5, 0.6) is 0 Å². The Hall–Kier alpha value is -1.12. The standard InChI is InChI=1S/C17H32N4O2S2/c1-4-19-17(20-12-8-6-5-7-9-14(2)3)21-13-15-10-11-16(24-15)25(18,22)23/h10-11,14H,4-9,12-13H2,1-3H3,(H2,18,22,23)(H2,19,20,21). The molecule has 0 spiro atoms. The fourth-order valence-electron chi connectivity index (χ4n) is 2.33. The molecule has 0 aliphatic carbocycles. The van der Waals surface area contributed by atoms with E-state index in [-0.39, 0.29) is 4.21 Å². The summed E-state index contributed by atoms with van der Waals surface area (Å²) in [5.74, 6) is 1.55. The molecule has 0 aliphatic rings. The van der Waals surface area contributed by atoms with Gasteiger partial charge in [-0.1, -0.05) is 39.5 Å². The summed E-state index contributed by atoms with van der Waals surface area (Å²) in [5.41, 5.74) is 0. The van der Waals surface area contributed by atoms with Crippen LogP contribution in [0.15, 0.2) is 21.3 Å². The van der Waals surface area contributed by atoms with Crippen molar-refractivity contribution < 1.29 is 8.42 Å². The summed E-state index contributed by atoms with van der Waals surface area (Å²) in [4.78, 5) is 5.38. The predicted octanol–water partition coefficient (Wildman–Crippen LogP) is 3.06. The Morgan fingerprint density at radius 1 is 1.20 bits per heavy atom. The molecule has 0 unspecified atom stereocenters. The van der Waals surface area contributed by atoms with Gasteiger partial charge in [-0.25, -0.2) is 18.5 Å². The van der Waals surface area contributed by atoms with Crippen molar-refractivity contribution in [1.82, 2.24) is 10.6 Å². The second-order valence-electron chi connectivity index (χ2n) is 6.48. The number of guanidine groups is 1. The highest BCUT2D eigenvalue weighted by atomic mass is 32.2. The van der Waals surface area contributed by atoms with Crippen LogP contribution in [0.2, 0.25) is 0 Å². The van der Waals surface area contributed by atoms with Crippen LogP contribution in [0.1, 0.15) is 57.8 Å². The number of nitrogens with zero attached hydrogens (tertiary/aromatic N) is 1. The lowest BCUT2D eigenvalue weighted by Crippen LogP contribution is -2.37. The van der Waals surface area contributed by atoms with E-state index in [1.807, 2.05) is 6.92 Å². The van der Waals surface area contributed by atoms with Gasteiger partial charge >= 0.3 is 0 Å². The first-order chi connectivity index (χ1) is 11.8. The van der Waals surface area contributed by atoms with Gasteiger partial charge in [0.25, 0.3) is 0 Å². The van der Waals surface area contributed by atoms with Gasteiger partial charge in [0.1, 0.15) is 4.21 Å². The summed E-state index contributed by atoms with van der Waals surface area (Å²) in [7, 11) is -3.62. The molecule has 144 valence electrons. The summed E-state index contributed by atoms with van der Waals surface area (Å²) in [6, 6.07) is 3.29. The maximum Gasteiger partial charge on any atom is 0.247 e. The molecule has 0 bridgehead atoms. The molecule has 25 heavy (non-hydrogen) atoms. The summed E-state index contributed by atoms with van der Waals surface area (Å²) in [5, 5.41) is 11.7. The second-order valence-corrected chi connectivity index (χ2v) is 9.44. The third-order valence-corrected chi connectivity index (χ3v) is 6.16. The number of nitrogens with two attached hydrogens (primary N) is 1. The number of thiophene rings is 1. The van der Waals surface area contributed by atoms with Gasteiger partial charge in [0.2, 0.25) is 10.0 Å². The van der Waals surface area contributed by atoms with Crippen LogP contribution in [0.25, 0.3) is 0 Å². The molecule has 1 heterocycles. The fraction of sp³-hybridized carbons (Fsp3) is 0.706. The Bertz CT molecular complexity index is 624. The molecule has 0 amide bonds. The second kappa shape index (κ2) is 11.5. The van der Waals surface area contributed by atoms with Gasteiger partial charge in [-0.2, -0.15) is 0 Å². The number of sulfonamides is 1. The molecule has 0 fully saturated rings. The quantitative estimate of drug-likeness (QED) is 0.308. The first-order valence-electron chi connectivity index (χ1n) is 8.96.